The Balaban J connectivity index is 1.66. The van der Waals surface area contributed by atoms with E-state index in [0.29, 0.717) is 28.3 Å². The van der Waals surface area contributed by atoms with Crippen molar-refractivity contribution in [2.75, 3.05) is 19.5 Å². The number of hydrogen-bond acceptors (Lipinski definition) is 6. The van der Waals surface area contributed by atoms with Crippen molar-refractivity contribution in [3.05, 3.63) is 61.0 Å². The van der Waals surface area contributed by atoms with Gasteiger partial charge in [0.1, 0.15) is 11.5 Å². The molecule has 4 rings (SSSR count). The maximum Gasteiger partial charge on any atom is 0.292 e. The molecule has 0 saturated heterocycles. The highest BCUT2D eigenvalue weighted by Gasteiger charge is 2.19. The Labute approximate surface area is 154 Å². The van der Waals surface area contributed by atoms with Crippen molar-refractivity contribution in [3.63, 3.8) is 0 Å². The number of ether oxygens (including phenoxy) is 2. The van der Waals surface area contributed by atoms with E-state index in [1.165, 1.54) is 12.7 Å². The number of methoxy groups -OCH3 is 2. The molecule has 0 unspecified atom stereocenters. The van der Waals surface area contributed by atoms with Gasteiger partial charge in [-0.25, -0.2) is 4.98 Å². The summed E-state index contributed by atoms with van der Waals surface area (Å²) in [6.45, 7) is 0. The Hall–Kier alpha value is -3.74. The van der Waals surface area contributed by atoms with E-state index in [-0.39, 0.29) is 11.7 Å². The highest BCUT2D eigenvalue weighted by molar-refractivity contribution is 6.12. The number of fused-ring (bicyclic) bond motifs is 1. The topological polar surface area (TPSA) is 86.7 Å². The van der Waals surface area contributed by atoms with Crippen LogP contribution in [0.3, 0.4) is 0 Å². The van der Waals surface area contributed by atoms with Gasteiger partial charge in [0.05, 0.1) is 37.6 Å². The lowest BCUT2D eigenvalue weighted by molar-refractivity contribution is 0.0998. The Morgan fingerprint density at radius 3 is 2.67 bits per heavy atom. The lowest BCUT2D eigenvalue weighted by Gasteiger charge is -2.10. The van der Waals surface area contributed by atoms with Gasteiger partial charge in [-0.2, -0.15) is 0 Å². The Morgan fingerprint density at radius 1 is 1.07 bits per heavy atom. The van der Waals surface area contributed by atoms with Gasteiger partial charge in [-0.15, -0.1) is 0 Å². The van der Waals surface area contributed by atoms with Crippen LogP contribution in [0, 0.1) is 0 Å². The molecule has 136 valence electrons. The molecule has 27 heavy (non-hydrogen) atoms. The summed E-state index contributed by atoms with van der Waals surface area (Å²) in [5, 5.41) is 4.24. The second-order valence-corrected chi connectivity index (χ2v) is 5.72. The van der Waals surface area contributed by atoms with E-state index in [4.69, 9.17) is 18.3 Å². The summed E-state index contributed by atoms with van der Waals surface area (Å²) in [7, 11) is 3.10. The lowest BCUT2D eigenvalue weighted by atomic mass is 10.1. The van der Waals surface area contributed by atoms with Crippen LogP contribution in [0.15, 0.2) is 64.1 Å². The molecule has 0 atom stereocenters. The van der Waals surface area contributed by atoms with Crippen molar-refractivity contribution in [1.29, 1.82) is 0 Å². The van der Waals surface area contributed by atoms with Crippen molar-refractivity contribution in [2.24, 2.45) is 0 Å². The van der Waals surface area contributed by atoms with Crippen molar-refractivity contribution in [3.8, 4) is 22.8 Å². The zero-order valence-electron chi connectivity index (χ0n) is 14.7. The third-order valence-corrected chi connectivity index (χ3v) is 4.17. The van der Waals surface area contributed by atoms with Gasteiger partial charge in [-0.05, 0) is 18.2 Å². The van der Waals surface area contributed by atoms with E-state index < -0.39 is 0 Å². The fourth-order valence-electron chi connectivity index (χ4n) is 2.92. The first-order valence-corrected chi connectivity index (χ1v) is 8.13. The molecule has 4 aromatic rings. The number of anilines is 1. The third kappa shape index (κ3) is 2.99. The molecular weight excluding hydrogens is 348 g/mol. The standard InChI is InChI=1S/C20H16N2O5/c1-24-15-5-3-4-12-10-26-19(18(12)15)20(23)22-13-6-7-14(16(8-13)25-2)17-9-21-11-27-17/h3-11H,1-2H3,(H,22,23). The highest BCUT2D eigenvalue weighted by atomic mass is 16.5. The minimum atomic E-state index is -0.385. The Bertz CT molecular complexity index is 1100. The molecule has 0 fully saturated rings. The highest BCUT2D eigenvalue weighted by Crippen LogP contribution is 2.34. The molecule has 7 nitrogen and oxygen atoms in total. The van der Waals surface area contributed by atoms with Gasteiger partial charge in [0.25, 0.3) is 5.91 Å². The van der Waals surface area contributed by atoms with Crippen LogP contribution in [0.2, 0.25) is 0 Å². The predicted molar refractivity (Wildman–Crippen MR) is 99.2 cm³/mol. The summed E-state index contributed by atoms with van der Waals surface area (Å²) in [5.74, 6) is 1.49. The number of amides is 1. The molecule has 0 bridgehead atoms. The Morgan fingerprint density at radius 2 is 1.93 bits per heavy atom. The average Bonchev–Trinajstić information content (AvgIpc) is 3.37. The molecule has 0 aliphatic carbocycles. The second kappa shape index (κ2) is 6.87. The van der Waals surface area contributed by atoms with Gasteiger partial charge in [-0.3, -0.25) is 4.79 Å². The number of hydrogen-bond donors (Lipinski definition) is 1. The van der Waals surface area contributed by atoms with Gasteiger partial charge in [0.15, 0.2) is 12.2 Å². The minimum Gasteiger partial charge on any atom is -0.496 e. The van der Waals surface area contributed by atoms with Crippen molar-refractivity contribution < 1.29 is 23.1 Å². The van der Waals surface area contributed by atoms with E-state index in [1.807, 2.05) is 12.1 Å². The van der Waals surface area contributed by atoms with Crippen LogP contribution in [0.25, 0.3) is 22.1 Å². The van der Waals surface area contributed by atoms with Crippen LogP contribution >= 0.6 is 0 Å². The van der Waals surface area contributed by atoms with E-state index in [9.17, 15) is 4.79 Å². The van der Waals surface area contributed by atoms with Crippen LogP contribution in [0.4, 0.5) is 5.69 Å². The number of aromatic nitrogens is 1. The molecule has 0 saturated carbocycles. The van der Waals surface area contributed by atoms with Gasteiger partial charge >= 0.3 is 0 Å². The number of carbonyl (C=O) groups excluding carboxylic acids is 1. The number of furan rings is 1. The quantitative estimate of drug-likeness (QED) is 0.566. The van der Waals surface area contributed by atoms with Crippen LogP contribution < -0.4 is 14.8 Å². The Kier molecular flexibility index (Phi) is 4.25. The normalized spacial score (nSPS) is 10.7. The smallest absolute Gasteiger partial charge is 0.292 e. The predicted octanol–water partition coefficient (Wildman–Crippen LogP) is 4.36. The fourth-order valence-corrected chi connectivity index (χ4v) is 2.92. The first-order valence-electron chi connectivity index (χ1n) is 8.13. The number of nitrogens with one attached hydrogen (secondary N) is 1. The molecule has 1 amide bonds. The zero-order chi connectivity index (χ0) is 18.8. The second-order valence-electron chi connectivity index (χ2n) is 5.72. The van der Waals surface area contributed by atoms with E-state index in [1.54, 1.807) is 44.7 Å². The molecule has 2 aromatic carbocycles. The maximum atomic E-state index is 12.7. The van der Waals surface area contributed by atoms with Crippen LogP contribution in [0.5, 0.6) is 11.5 Å². The van der Waals surface area contributed by atoms with E-state index >= 15 is 0 Å². The number of benzene rings is 2. The zero-order valence-corrected chi connectivity index (χ0v) is 14.7. The lowest BCUT2D eigenvalue weighted by Crippen LogP contribution is -2.11. The van der Waals surface area contributed by atoms with Gasteiger partial charge in [0, 0.05) is 17.1 Å². The SMILES string of the molecule is COc1cc(NC(=O)c2occ3cccc(OC)c23)ccc1-c1cnco1. The van der Waals surface area contributed by atoms with Crippen molar-refractivity contribution in [1.82, 2.24) is 4.98 Å². The molecule has 0 radical (unpaired) electrons. The summed E-state index contributed by atoms with van der Waals surface area (Å²) in [4.78, 5) is 16.6. The molecule has 0 aliphatic rings. The number of rotatable bonds is 5. The van der Waals surface area contributed by atoms with Gasteiger partial charge in [-0.1, -0.05) is 12.1 Å². The van der Waals surface area contributed by atoms with Crippen LogP contribution in [-0.2, 0) is 0 Å². The largest absolute Gasteiger partial charge is 0.496 e. The molecular formula is C20H16N2O5. The van der Waals surface area contributed by atoms with E-state index in [0.717, 1.165) is 10.9 Å². The van der Waals surface area contributed by atoms with Crippen LogP contribution in [-0.4, -0.2) is 25.1 Å². The van der Waals surface area contributed by atoms with E-state index in [2.05, 4.69) is 10.3 Å². The number of oxazole rings is 1. The van der Waals surface area contributed by atoms with Crippen molar-refractivity contribution in [2.45, 2.75) is 0 Å². The van der Waals surface area contributed by atoms with Crippen molar-refractivity contribution >= 4 is 22.4 Å². The fraction of sp³-hybridized carbons (Fsp3) is 0.100. The molecule has 2 heterocycles. The van der Waals surface area contributed by atoms with Crippen LogP contribution in [0.1, 0.15) is 10.6 Å². The monoisotopic (exact) mass is 364 g/mol. The summed E-state index contributed by atoms with van der Waals surface area (Å²) >= 11 is 0. The number of carbonyl (C=O) groups is 1. The molecule has 1 N–H and O–H groups in total. The van der Waals surface area contributed by atoms with Gasteiger partial charge in [0.2, 0.25) is 5.76 Å². The third-order valence-electron chi connectivity index (χ3n) is 4.17. The first-order chi connectivity index (χ1) is 13.2. The van der Waals surface area contributed by atoms with Gasteiger partial charge < -0.3 is 23.6 Å². The maximum absolute atomic E-state index is 12.7. The first kappa shape index (κ1) is 16.7. The summed E-state index contributed by atoms with van der Waals surface area (Å²) in [6, 6.07) is 10.7. The summed E-state index contributed by atoms with van der Waals surface area (Å²) in [6.07, 6.45) is 4.47. The molecule has 7 heteroatoms. The summed E-state index contributed by atoms with van der Waals surface area (Å²) < 4.78 is 21.5. The number of nitrogens with zero attached hydrogens (tertiary/aromatic N) is 1. The molecule has 0 spiro atoms. The minimum absolute atomic E-state index is 0.181. The molecule has 2 aromatic heterocycles. The average molecular weight is 364 g/mol. The summed E-state index contributed by atoms with van der Waals surface area (Å²) in [5.41, 5.74) is 1.29. The molecule has 0 aliphatic heterocycles.